The standard InChI is InChI=1S/C13H25N5O2S/c1-11-8-12(4-6-17(11)3)16-21(19,20)13-9-15-18(10-13)7-5-14-2/h9-12,14,16H,4-8H2,1-3H3. The van der Waals surface area contributed by atoms with Crippen molar-refractivity contribution in [2.24, 2.45) is 0 Å². The maximum absolute atomic E-state index is 12.4. The molecule has 2 unspecified atom stereocenters. The minimum absolute atomic E-state index is 0.00172. The lowest BCUT2D eigenvalue weighted by atomic mass is 10.0. The summed E-state index contributed by atoms with van der Waals surface area (Å²) in [5.41, 5.74) is 0. The van der Waals surface area contributed by atoms with Gasteiger partial charge in [-0.15, -0.1) is 0 Å². The summed E-state index contributed by atoms with van der Waals surface area (Å²) >= 11 is 0. The predicted octanol–water partition coefficient (Wildman–Crippen LogP) is -0.136. The molecule has 0 aliphatic carbocycles. The molecule has 2 heterocycles. The van der Waals surface area contributed by atoms with E-state index in [-0.39, 0.29) is 10.9 Å². The van der Waals surface area contributed by atoms with E-state index in [9.17, 15) is 8.42 Å². The molecule has 1 aliphatic rings. The van der Waals surface area contributed by atoms with E-state index in [0.717, 1.165) is 25.9 Å². The Bertz CT molecular complexity index is 557. The van der Waals surface area contributed by atoms with Gasteiger partial charge in [0.15, 0.2) is 0 Å². The average Bonchev–Trinajstić information content (AvgIpc) is 2.90. The van der Waals surface area contributed by atoms with E-state index >= 15 is 0 Å². The van der Waals surface area contributed by atoms with E-state index in [1.54, 1.807) is 10.9 Å². The van der Waals surface area contributed by atoms with Gasteiger partial charge in [0.05, 0.1) is 12.7 Å². The molecular weight excluding hydrogens is 290 g/mol. The number of aromatic nitrogens is 2. The Labute approximate surface area is 126 Å². The van der Waals surface area contributed by atoms with E-state index in [2.05, 4.69) is 34.0 Å². The van der Waals surface area contributed by atoms with Crippen molar-refractivity contribution in [1.29, 1.82) is 0 Å². The van der Waals surface area contributed by atoms with Gasteiger partial charge in [-0.3, -0.25) is 4.68 Å². The number of nitrogens with one attached hydrogen (secondary N) is 2. The maximum atomic E-state index is 12.4. The third-order valence-electron chi connectivity index (χ3n) is 4.04. The van der Waals surface area contributed by atoms with Gasteiger partial charge in [0.25, 0.3) is 0 Å². The number of hydrogen-bond donors (Lipinski definition) is 2. The molecule has 2 atom stereocenters. The number of nitrogens with zero attached hydrogens (tertiary/aromatic N) is 3. The fraction of sp³-hybridized carbons (Fsp3) is 0.769. The average molecular weight is 315 g/mol. The lowest BCUT2D eigenvalue weighted by Gasteiger charge is -2.35. The van der Waals surface area contributed by atoms with Crippen molar-refractivity contribution in [3.8, 4) is 0 Å². The number of rotatable bonds is 6. The molecule has 8 heteroatoms. The molecule has 0 radical (unpaired) electrons. The Kier molecular flexibility index (Phi) is 5.37. The first-order chi connectivity index (χ1) is 9.92. The molecular formula is C13H25N5O2S. The molecule has 0 saturated carbocycles. The first kappa shape index (κ1) is 16.4. The summed E-state index contributed by atoms with van der Waals surface area (Å²) in [5.74, 6) is 0. The first-order valence-electron chi connectivity index (χ1n) is 7.32. The van der Waals surface area contributed by atoms with E-state index in [4.69, 9.17) is 0 Å². The predicted molar refractivity (Wildman–Crippen MR) is 81.6 cm³/mol. The van der Waals surface area contributed by atoms with E-state index < -0.39 is 10.0 Å². The molecule has 1 saturated heterocycles. The molecule has 0 bridgehead atoms. The lowest BCUT2D eigenvalue weighted by Crippen LogP contribution is -2.47. The number of likely N-dealkylation sites (N-methyl/N-ethyl adjacent to an activating group) is 1. The van der Waals surface area contributed by atoms with Crippen LogP contribution in [0.25, 0.3) is 0 Å². The van der Waals surface area contributed by atoms with Crippen LogP contribution in [0.4, 0.5) is 0 Å². The quantitative estimate of drug-likeness (QED) is 0.764. The summed E-state index contributed by atoms with van der Waals surface area (Å²) in [6.45, 7) is 4.43. The molecule has 7 nitrogen and oxygen atoms in total. The third-order valence-corrected chi connectivity index (χ3v) is 5.52. The highest BCUT2D eigenvalue weighted by Gasteiger charge is 2.27. The van der Waals surface area contributed by atoms with Crippen molar-refractivity contribution in [1.82, 2.24) is 24.7 Å². The van der Waals surface area contributed by atoms with Gasteiger partial charge in [0, 0.05) is 24.8 Å². The molecule has 2 rings (SSSR count). The summed E-state index contributed by atoms with van der Waals surface area (Å²) in [5, 5.41) is 7.10. The molecule has 0 aromatic carbocycles. The zero-order valence-corrected chi connectivity index (χ0v) is 13.7. The Hall–Kier alpha value is -0.960. The molecule has 1 aromatic heterocycles. The minimum atomic E-state index is -3.48. The Morgan fingerprint density at radius 1 is 1.48 bits per heavy atom. The number of likely N-dealkylation sites (tertiary alicyclic amines) is 1. The van der Waals surface area contributed by atoms with Crippen molar-refractivity contribution < 1.29 is 8.42 Å². The second-order valence-corrected chi connectivity index (χ2v) is 7.43. The smallest absolute Gasteiger partial charge is 0.243 e. The Balaban J connectivity index is 1.99. The summed E-state index contributed by atoms with van der Waals surface area (Å²) in [7, 11) is 0.445. The Morgan fingerprint density at radius 2 is 2.24 bits per heavy atom. The van der Waals surface area contributed by atoms with Crippen LogP contribution in [0.15, 0.2) is 17.3 Å². The second kappa shape index (κ2) is 6.87. The van der Waals surface area contributed by atoms with Crippen molar-refractivity contribution in [2.45, 2.75) is 43.3 Å². The van der Waals surface area contributed by atoms with Gasteiger partial charge in [0.1, 0.15) is 4.90 Å². The molecule has 2 N–H and O–H groups in total. The molecule has 1 aromatic rings. The van der Waals surface area contributed by atoms with Crippen molar-refractivity contribution in [2.75, 3.05) is 27.2 Å². The summed E-state index contributed by atoms with van der Waals surface area (Å²) < 4.78 is 29.2. The highest BCUT2D eigenvalue weighted by Crippen LogP contribution is 2.18. The molecule has 120 valence electrons. The van der Waals surface area contributed by atoms with Gasteiger partial charge in [-0.25, -0.2) is 13.1 Å². The molecule has 1 aliphatic heterocycles. The summed E-state index contributed by atoms with van der Waals surface area (Å²) in [4.78, 5) is 2.49. The van der Waals surface area contributed by atoms with Crippen LogP contribution in [0.1, 0.15) is 19.8 Å². The van der Waals surface area contributed by atoms with Crippen molar-refractivity contribution >= 4 is 10.0 Å². The summed E-state index contributed by atoms with van der Waals surface area (Å²) in [6.07, 6.45) is 4.67. The van der Waals surface area contributed by atoms with E-state index in [1.165, 1.54) is 6.20 Å². The third kappa shape index (κ3) is 4.26. The van der Waals surface area contributed by atoms with Gasteiger partial charge in [-0.1, -0.05) is 0 Å². The van der Waals surface area contributed by atoms with Crippen LogP contribution in [-0.4, -0.2) is 62.4 Å². The fourth-order valence-corrected chi connectivity index (χ4v) is 3.75. The largest absolute Gasteiger partial charge is 0.318 e. The lowest BCUT2D eigenvalue weighted by molar-refractivity contribution is 0.178. The Morgan fingerprint density at radius 3 is 2.90 bits per heavy atom. The van der Waals surface area contributed by atoms with Crippen LogP contribution in [0, 0.1) is 0 Å². The van der Waals surface area contributed by atoms with Gasteiger partial charge in [-0.05, 0) is 40.4 Å². The van der Waals surface area contributed by atoms with E-state index in [1.807, 2.05) is 7.05 Å². The van der Waals surface area contributed by atoms with Crippen molar-refractivity contribution in [3.63, 3.8) is 0 Å². The van der Waals surface area contributed by atoms with Crippen LogP contribution in [-0.2, 0) is 16.6 Å². The zero-order chi connectivity index (χ0) is 15.5. The van der Waals surface area contributed by atoms with Crippen LogP contribution in [0.2, 0.25) is 0 Å². The molecule has 1 fully saturated rings. The van der Waals surface area contributed by atoms with E-state index in [0.29, 0.717) is 12.6 Å². The zero-order valence-electron chi connectivity index (χ0n) is 12.9. The SMILES string of the molecule is CNCCn1cc(S(=O)(=O)NC2CCN(C)C(C)C2)cn1. The highest BCUT2D eigenvalue weighted by molar-refractivity contribution is 7.89. The molecule has 0 spiro atoms. The second-order valence-electron chi connectivity index (χ2n) is 5.71. The van der Waals surface area contributed by atoms with Gasteiger partial charge >= 0.3 is 0 Å². The van der Waals surface area contributed by atoms with Gasteiger partial charge < -0.3 is 10.2 Å². The number of hydrogen-bond acceptors (Lipinski definition) is 5. The normalized spacial score (nSPS) is 24.3. The van der Waals surface area contributed by atoms with Crippen LogP contribution >= 0.6 is 0 Å². The topological polar surface area (TPSA) is 79.3 Å². The molecule has 21 heavy (non-hydrogen) atoms. The highest BCUT2D eigenvalue weighted by atomic mass is 32.2. The maximum Gasteiger partial charge on any atom is 0.243 e. The number of piperidine rings is 1. The van der Waals surface area contributed by atoms with Crippen LogP contribution in [0.3, 0.4) is 0 Å². The van der Waals surface area contributed by atoms with Gasteiger partial charge in [-0.2, -0.15) is 5.10 Å². The van der Waals surface area contributed by atoms with Gasteiger partial charge in [0.2, 0.25) is 10.0 Å². The van der Waals surface area contributed by atoms with Crippen molar-refractivity contribution in [3.05, 3.63) is 12.4 Å². The monoisotopic (exact) mass is 315 g/mol. The minimum Gasteiger partial charge on any atom is -0.318 e. The summed E-state index contributed by atoms with van der Waals surface area (Å²) in [6, 6.07) is 0.395. The molecule has 0 amide bonds. The van der Waals surface area contributed by atoms with Crippen LogP contribution in [0.5, 0.6) is 0 Å². The fourth-order valence-electron chi connectivity index (χ4n) is 2.52. The first-order valence-corrected chi connectivity index (χ1v) is 8.80. The number of sulfonamides is 1. The van der Waals surface area contributed by atoms with Crippen LogP contribution < -0.4 is 10.0 Å².